The van der Waals surface area contributed by atoms with Gasteiger partial charge >= 0.3 is 5.97 Å². The highest BCUT2D eigenvalue weighted by Crippen LogP contribution is 2.24. The maximum atomic E-state index is 12.5. The van der Waals surface area contributed by atoms with Gasteiger partial charge in [0.2, 0.25) is 0 Å². The second-order valence-electron chi connectivity index (χ2n) is 4.62. The highest BCUT2D eigenvalue weighted by molar-refractivity contribution is 7.14. The molecule has 1 atom stereocenters. The molecule has 1 aliphatic heterocycles. The summed E-state index contributed by atoms with van der Waals surface area (Å²) in [7, 11) is 1.34. The van der Waals surface area contributed by atoms with Gasteiger partial charge in [-0.15, -0.1) is 11.3 Å². The van der Waals surface area contributed by atoms with Crippen molar-refractivity contribution in [3.05, 3.63) is 21.9 Å². The summed E-state index contributed by atoms with van der Waals surface area (Å²) in [4.78, 5) is 27.1. The smallest absolute Gasteiger partial charge is 0.328 e. The van der Waals surface area contributed by atoms with Crippen LogP contribution in [0.15, 0.2) is 12.1 Å². The maximum absolute atomic E-state index is 12.5. The van der Waals surface area contributed by atoms with E-state index in [0.717, 1.165) is 11.3 Å². The minimum atomic E-state index is -0.478. The van der Waals surface area contributed by atoms with Gasteiger partial charge in [0, 0.05) is 13.0 Å². The van der Waals surface area contributed by atoms with Gasteiger partial charge in [0.05, 0.1) is 23.5 Å². The number of thiophene rings is 1. The first-order valence-corrected chi connectivity index (χ1v) is 7.57. The van der Waals surface area contributed by atoms with Crippen LogP contribution in [0, 0.1) is 11.8 Å². The molecule has 1 saturated heterocycles. The molecule has 2 heterocycles. The Hall–Kier alpha value is -1.84. The van der Waals surface area contributed by atoms with Crippen LogP contribution < -0.4 is 0 Å². The monoisotopic (exact) mass is 307 g/mol. The SMILES string of the molecule is COC(=O)C1CCCN1C(=O)c1ccc(C#CCCO)s1. The number of likely N-dealkylation sites (tertiary alicyclic amines) is 1. The Morgan fingerprint density at radius 3 is 3.05 bits per heavy atom. The summed E-state index contributed by atoms with van der Waals surface area (Å²) in [6, 6.07) is 3.03. The Labute approximate surface area is 127 Å². The molecule has 1 amide bonds. The van der Waals surface area contributed by atoms with Gasteiger partial charge in [0.1, 0.15) is 6.04 Å². The van der Waals surface area contributed by atoms with E-state index < -0.39 is 6.04 Å². The van der Waals surface area contributed by atoms with E-state index in [1.54, 1.807) is 17.0 Å². The van der Waals surface area contributed by atoms with E-state index in [1.165, 1.54) is 18.4 Å². The van der Waals surface area contributed by atoms with Crippen LogP contribution in [0.4, 0.5) is 0 Å². The van der Waals surface area contributed by atoms with Crippen molar-refractivity contribution in [2.45, 2.75) is 25.3 Å². The van der Waals surface area contributed by atoms with Gasteiger partial charge in [0.25, 0.3) is 5.91 Å². The molecular formula is C15H17NO4S. The number of methoxy groups -OCH3 is 1. The summed E-state index contributed by atoms with van der Waals surface area (Å²) in [5, 5.41) is 8.68. The van der Waals surface area contributed by atoms with Crippen molar-refractivity contribution < 1.29 is 19.4 Å². The molecule has 0 spiro atoms. The van der Waals surface area contributed by atoms with Crippen LogP contribution in [-0.4, -0.2) is 48.2 Å². The van der Waals surface area contributed by atoms with Crippen molar-refractivity contribution >= 4 is 23.2 Å². The summed E-state index contributed by atoms with van der Waals surface area (Å²) in [5.41, 5.74) is 0. The van der Waals surface area contributed by atoms with E-state index >= 15 is 0 Å². The largest absolute Gasteiger partial charge is 0.467 e. The first-order valence-electron chi connectivity index (χ1n) is 6.75. The molecule has 1 aromatic rings. The minimum absolute atomic E-state index is 0.0265. The lowest BCUT2D eigenvalue weighted by molar-refractivity contribution is -0.145. The predicted molar refractivity (Wildman–Crippen MR) is 79.0 cm³/mol. The average Bonchev–Trinajstić information content (AvgIpc) is 3.15. The molecule has 112 valence electrons. The minimum Gasteiger partial charge on any atom is -0.467 e. The zero-order chi connectivity index (χ0) is 15.2. The van der Waals surface area contributed by atoms with Gasteiger partial charge in [-0.1, -0.05) is 11.8 Å². The third kappa shape index (κ3) is 3.63. The number of aliphatic hydroxyl groups is 1. The Morgan fingerprint density at radius 2 is 2.33 bits per heavy atom. The van der Waals surface area contributed by atoms with E-state index in [-0.39, 0.29) is 18.5 Å². The number of hydrogen-bond acceptors (Lipinski definition) is 5. The van der Waals surface area contributed by atoms with E-state index in [4.69, 9.17) is 9.84 Å². The van der Waals surface area contributed by atoms with E-state index in [2.05, 4.69) is 11.8 Å². The van der Waals surface area contributed by atoms with Crippen molar-refractivity contribution in [2.75, 3.05) is 20.3 Å². The molecule has 0 bridgehead atoms. The number of hydrogen-bond donors (Lipinski definition) is 1. The summed E-state index contributed by atoms with van der Waals surface area (Å²) < 4.78 is 4.75. The molecule has 0 aliphatic carbocycles. The number of rotatable bonds is 3. The molecule has 0 aromatic carbocycles. The average molecular weight is 307 g/mol. The van der Waals surface area contributed by atoms with Crippen LogP contribution in [0.5, 0.6) is 0 Å². The quantitative estimate of drug-likeness (QED) is 0.674. The molecule has 6 heteroatoms. The van der Waals surface area contributed by atoms with Gasteiger partial charge < -0.3 is 14.7 Å². The van der Waals surface area contributed by atoms with Gasteiger partial charge in [-0.25, -0.2) is 4.79 Å². The second-order valence-corrected chi connectivity index (χ2v) is 5.70. The summed E-state index contributed by atoms with van der Waals surface area (Å²) in [6.45, 7) is 0.598. The highest BCUT2D eigenvalue weighted by Gasteiger charge is 2.35. The van der Waals surface area contributed by atoms with Crippen LogP contribution in [-0.2, 0) is 9.53 Å². The summed E-state index contributed by atoms with van der Waals surface area (Å²) in [6.07, 6.45) is 1.87. The predicted octanol–water partition coefficient (Wildman–Crippen LogP) is 1.26. The molecule has 21 heavy (non-hydrogen) atoms. The molecule has 1 unspecified atom stereocenters. The topological polar surface area (TPSA) is 66.8 Å². The Morgan fingerprint density at radius 1 is 1.52 bits per heavy atom. The van der Waals surface area contributed by atoms with Gasteiger partial charge in [-0.2, -0.15) is 0 Å². The van der Waals surface area contributed by atoms with E-state index in [9.17, 15) is 9.59 Å². The molecule has 1 aromatic heterocycles. The summed E-state index contributed by atoms with van der Waals surface area (Å²) in [5.74, 6) is 5.21. The third-order valence-corrected chi connectivity index (χ3v) is 4.24. The standard InChI is InChI=1S/C15H17NO4S/c1-20-15(19)12-6-4-9-16(12)14(18)13-8-7-11(21-13)5-2-3-10-17/h7-8,12,17H,3-4,6,9-10H2,1H3. The number of ether oxygens (including phenoxy) is 1. The normalized spacial score (nSPS) is 17.2. The van der Waals surface area contributed by atoms with Crippen LogP contribution in [0.25, 0.3) is 0 Å². The van der Waals surface area contributed by atoms with Gasteiger partial charge in [-0.05, 0) is 25.0 Å². The third-order valence-electron chi connectivity index (χ3n) is 3.25. The van der Waals surface area contributed by atoms with Crippen molar-refractivity contribution in [1.82, 2.24) is 4.90 Å². The first-order chi connectivity index (χ1) is 10.2. The van der Waals surface area contributed by atoms with Crippen LogP contribution in [0.2, 0.25) is 0 Å². The first kappa shape index (κ1) is 15.5. The molecule has 0 radical (unpaired) electrons. The lowest BCUT2D eigenvalue weighted by Gasteiger charge is -2.21. The summed E-state index contributed by atoms with van der Waals surface area (Å²) >= 11 is 1.30. The Balaban J connectivity index is 2.10. The van der Waals surface area contributed by atoms with E-state index in [0.29, 0.717) is 24.3 Å². The molecule has 0 saturated carbocycles. The molecular weight excluding hydrogens is 290 g/mol. The van der Waals surface area contributed by atoms with Crippen LogP contribution >= 0.6 is 11.3 Å². The number of esters is 1. The van der Waals surface area contributed by atoms with Gasteiger partial charge in [0.15, 0.2) is 0 Å². The number of carbonyl (C=O) groups excluding carboxylic acids is 2. The van der Waals surface area contributed by atoms with Gasteiger partial charge in [-0.3, -0.25) is 4.79 Å². The fourth-order valence-electron chi connectivity index (χ4n) is 2.26. The number of amides is 1. The van der Waals surface area contributed by atoms with Crippen LogP contribution in [0.3, 0.4) is 0 Å². The number of carbonyl (C=O) groups is 2. The number of nitrogens with zero attached hydrogens (tertiary/aromatic N) is 1. The maximum Gasteiger partial charge on any atom is 0.328 e. The molecule has 1 aliphatic rings. The molecule has 5 nitrogen and oxygen atoms in total. The fourth-order valence-corrected chi connectivity index (χ4v) is 3.09. The highest BCUT2D eigenvalue weighted by atomic mass is 32.1. The van der Waals surface area contributed by atoms with E-state index in [1.807, 2.05) is 0 Å². The second kappa shape index (κ2) is 7.25. The van der Waals surface area contributed by atoms with Crippen molar-refractivity contribution in [3.8, 4) is 11.8 Å². The lowest BCUT2D eigenvalue weighted by Crippen LogP contribution is -2.40. The molecule has 1 N–H and O–H groups in total. The Bertz CT molecular complexity index is 584. The van der Waals surface area contributed by atoms with Crippen LogP contribution in [0.1, 0.15) is 33.8 Å². The lowest BCUT2D eigenvalue weighted by atomic mass is 10.2. The molecule has 1 fully saturated rings. The molecule has 2 rings (SSSR count). The number of aliphatic hydroxyl groups excluding tert-OH is 1. The zero-order valence-electron chi connectivity index (χ0n) is 11.8. The van der Waals surface area contributed by atoms with Crippen molar-refractivity contribution in [1.29, 1.82) is 0 Å². The van der Waals surface area contributed by atoms with Crippen molar-refractivity contribution in [2.24, 2.45) is 0 Å². The fraction of sp³-hybridized carbons (Fsp3) is 0.467. The zero-order valence-corrected chi connectivity index (χ0v) is 12.6. The van der Waals surface area contributed by atoms with Crippen molar-refractivity contribution in [3.63, 3.8) is 0 Å². The Kier molecular flexibility index (Phi) is 5.37.